The van der Waals surface area contributed by atoms with Crippen molar-refractivity contribution in [3.05, 3.63) is 48.0 Å². The van der Waals surface area contributed by atoms with Crippen molar-refractivity contribution < 1.29 is 0 Å². The Labute approximate surface area is 102 Å². The fraction of sp³-hybridized carbons (Fsp3) is 0.375. The van der Waals surface area contributed by atoms with Crippen LogP contribution in [0.4, 0.5) is 0 Å². The smallest absolute Gasteiger partial charge is 0.00503 e. The van der Waals surface area contributed by atoms with Gasteiger partial charge in [0.1, 0.15) is 0 Å². The van der Waals surface area contributed by atoms with Gasteiger partial charge in [-0.25, -0.2) is 0 Å². The van der Waals surface area contributed by atoms with Gasteiger partial charge in [-0.2, -0.15) is 0 Å². The highest BCUT2D eigenvalue weighted by atomic mass is 14.8. The summed E-state index contributed by atoms with van der Waals surface area (Å²) in [5.41, 5.74) is 8.10. The maximum absolute atomic E-state index is 6.12. The van der Waals surface area contributed by atoms with Crippen LogP contribution in [-0.2, 0) is 5.41 Å². The Kier molecular flexibility index (Phi) is 1.77. The standard InChI is InChI=1S/C16H17N/c17-13-8-12-9-16(12,10-13)15-7-3-5-11-4-1-2-6-14(11)15/h1-7,12-13H,8-10,17H2/t12-,13+,16+/m0/s1. The molecule has 2 N–H and O–H groups in total. The molecule has 2 aromatic rings. The maximum Gasteiger partial charge on any atom is 0.00503 e. The van der Waals surface area contributed by atoms with Crippen LogP contribution in [0.25, 0.3) is 10.8 Å². The highest BCUT2D eigenvalue weighted by Crippen LogP contribution is 2.64. The van der Waals surface area contributed by atoms with E-state index in [2.05, 4.69) is 42.5 Å². The normalized spacial score (nSPS) is 34.9. The monoisotopic (exact) mass is 223 g/mol. The summed E-state index contributed by atoms with van der Waals surface area (Å²) in [5.74, 6) is 0.850. The third-order valence-corrected chi connectivity index (χ3v) is 4.77. The van der Waals surface area contributed by atoms with Crippen molar-refractivity contribution in [1.82, 2.24) is 0 Å². The second kappa shape index (κ2) is 3.11. The Morgan fingerprint density at radius 2 is 1.82 bits per heavy atom. The molecule has 1 heteroatoms. The molecule has 0 saturated heterocycles. The number of hydrogen-bond acceptors (Lipinski definition) is 1. The van der Waals surface area contributed by atoms with Crippen LogP contribution in [-0.4, -0.2) is 6.04 Å². The molecule has 0 spiro atoms. The third-order valence-electron chi connectivity index (χ3n) is 4.77. The Morgan fingerprint density at radius 1 is 1.00 bits per heavy atom. The van der Waals surface area contributed by atoms with E-state index < -0.39 is 0 Å². The van der Waals surface area contributed by atoms with Crippen LogP contribution in [0, 0.1) is 5.92 Å². The molecule has 3 atom stereocenters. The van der Waals surface area contributed by atoms with E-state index in [4.69, 9.17) is 5.73 Å². The minimum absolute atomic E-state index is 0.424. The van der Waals surface area contributed by atoms with Gasteiger partial charge in [0.25, 0.3) is 0 Å². The molecule has 0 heterocycles. The molecule has 0 aliphatic heterocycles. The van der Waals surface area contributed by atoms with Crippen molar-refractivity contribution >= 4 is 10.8 Å². The van der Waals surface area contributed by atoms with Gasteiger partial charge < -0.3 is 5.73 Å². The van der Waals surface area contributed by atoms with Crippen molar-refractivity contribution in [1.29, 1.82) is 0 Å². The minimum atomic E-state index is 0.424. The van der Waals surface area contributed by atoms with Gasteiger partial charge in [-0.1, -0.05) is 42.5 Å². The van der Waals surface area contributed by atoms with Gasteiger partial charge >= 0.3 is 0 Å². The van der Waals surface area contributed by atoms with Crippen LogP contribution >= 0.6 is 0 Å². The van der Waals surface area contributed by atoms with Crippen molar-refractivity contribution in [2.45, 2.75) is 30.7 Å². The third kappa shape index (κ3) is 1.23. The quantitative estimate of drug-likeness (QED) is 0.789. The van der Waals surface area contributed by atoms with Crippen LogP contribution < -0.4 is 5.73 Å². The molecule has 2 aliphatic rings. The van der Waals surface area contributed by atoms with E-state index in [-0.39, 0.29) is 0 Å². The Bertz CT molecular complexity index is 584. The zero-order valence-corrected chi connectivity index (χ0v) is 9.89. The lowest BCUT2D eigenvalue weighted by Gasteiger charge is -2.17. The van der Waals surface area contributed by atoms with Crippen molar-refractivity contribution in [3.8, 4) is 0 Å². The summed E-state index contributed by atoms with van der Waals surface area (Å²) in [6.45, 7) is 0. The molecule has 2 saturated carbocycles. The van der Waals surface area contributed by atoms with Gasteiger partial charge in [0.05, 0.1) is 0 Å². The first kappa shape index (κ1) is 9.67. The predicted molar refractivity (Wildman–Crippen MR) is 70.9 cm³/mol. The molecule has 0 bridgehead atoms. The molecular weight excluding hydrogens is 206 g/mol. The fourth-order valence-corrected chi connectivity index (χ4v) is 3.96. The topological polar surface area (TPSA) is 26.0 Å². The Morgan fingerprint density at radius 3 is 2.65 bits per heavy atom. The first-order valence-electron chi connectivity index (χ1n) is 6.53. The molecule has 2 aliphatic carbocycles. The van der Waals surface area contributed by atoms with E-state index in [0.29, 0.717) is 11.5 Å². The van der Waals surface area contributed by atoms with Gasteiger partial charge in [-0.15, -0.1) is 0 Å². The predicted octanol–water partition coefficient (Wildman–Crippen LogP) is 3.22. The van der Waals surface area contributed by atoms with Crippen LogP contribution in [0.3, 0.4) is 0 Å². The average molecular weight is 223 g/mol. The van der Waals surface area contributed by atoms with Gasteiger partial charge in [-0.3, -0.25) is 0 Å². The molecule has 0 amide bonds. The van der Waals surface area contributed by atoms with E-state index >= 15 is 0 Å². The number of benzene rings is 2. The molecule has 2 aromatic carbocycles. The zero-order chi connectivity index (χ0) is 11.5. The summed E-state index contributed by atoms with van der Waals surface area (Å²) >= 11 is 0. The van der Waals surface area contributed by atoms with E-state index in [1.807, 2.05) is 0 Å². The summed E-state index contributed by atoms with van der Waals surface area (Å²) in [5, 5.41) is 2.80. The van der Waals surface area contributed by atoms with Crippen LogP contribution in [0.1, 0.15) is 24.8 Å². The number of hydrogen-bond donors (Lipinski definition) is 1. The lowest BCUT2D eigenvalue weighted by atomic mass is 9.88. The van der Waals surface area contributed by atoms with E-state index in [1.165, 1.54) is 30.0 Å². The van der Waals surface area contributed by atoms with Crippen molar-refractivity contribution in [2.24, 2.45) is 11.7 Å². The van der Waals surface area contributed by atoms with Gasteiger partial charge in [-0.05, 0) is 41.5 Å². The minimum Gasteiger partial charge on any atom is -0.328 e. The first-order chi connectivity index (χ1) is 8.29. The highest BCUT2D eigenvalue weighted by molar-refractivity contribution is 5.87. The van der Waals surface area contributed by atoms with Crippen LogP contribution in [0.15, 0.2) is 42.5 Å². The van der Waals surface area contributed by atoms with Crippen LogP contribution in [0.5, 0.6) is 0 Å². The molecule has 17 heavy (non-hydrogen) atoms. The molecular formula is C16H17N. The number of rotatable bonds is 1. The molecule has 86 valence electrons. The number of nitrogens with two attached hydrogens (primary N) is 1. The Balaban J connectivity index is 1.92. The molecule has 0 unspecified atom stereocenters. The largest absolute Gasteiger partial charge is 0.328 e. The van der Waals surface area contributed by atoms with Crippen molar-refractivity contribution in [3.63, 3.8) is 0 Å². The van der Waals surface area contributed by atoms with Gasteiger partial charge in [0.2, 0.25) is 0 Å². The Hall–Kier alpha value is -1.34. The van der Waals surface area contributed by atoms with E-state index in [0.717, 1.165) is 5.92 Å². The van der Waals surface area contributed by atoms with Crippen molar-refractivity contribution in [2.75, 3.05) is 0 Å². The molecule has 4 rings (SSSR count). The summed E-state index contributed by atoms with van der Waals surface area (Å²) in [4.78, 5) is 0. The molecule has 2 fully saturated rings. The second-order valence-corrected chi connectivity index (χ2v) is 5.78. The number of fused-ring (bicyclic) bond motifs is 2. The lowest BCUT2D eigenvalue weighted by molar-refractivity contribution is 0.585. The first-order valence-corrected chi connectivity index (χ1v) is 6.53. The highest BCUT2D eigenvalue weighted by Gasteiger charge is 2.60. The van der Waals surface area contributed by atoms with E-state index in [1.54, 1.807) is 5.56 Å². The zero-order valence-electron chi connectivity index (χ0n) is 9.89. The van der Waals surface area contributed by atoms with Gasteiger partial charge in [0.15, 0.2) is 0 Å². The average Bonchev–Trinajstić information content (AvgIpc) is 2.92. The molecule has 1 nitrogen and oxygen atoms in total. The summed E-state index contributed by atoms with van der Waals surface area (Å²) in [7, 11) is 0. The summed E-state index contributed by atoms with van der Waals surface area (Å²) < 4.78 is 0. The SMILES string of the molecule is N[C@@H]1C[C@H]2C[C@@]2(c2cccc3ccccc23)C1. The van der Waals surface area contributed by atoms with Gasteiger partial charge in [0, 0.05) is 11.5 Å². The summed E-state index contributed by atoms with van der Waals surface area (Å²) in [6, 6.07) is 15.9. The second-order valence-electron chi connectivity index (χ2n) is 5.78. The summed E-state index contributed by atoms with van der Waals surface area (Å²) in [6.07, 6.45) is 3.77. The molecule has 0 aromatic heterocycles. The molecule has 0 radical (unpaired) electrons. The maximum atomic E-state index is 6.12. The lowest BCUT2D eigenvalue weighted by Crippen LogP contribution is -2.20. The van der Waals surface area contributed by atoms with Crippen LogP contribution in [0.2, 0.25) is 0 Å². The van der Waals surface area contributed by atoms with E-state index in [9.17, 15) is 0 Å². The fourth-order valence-electron chi connectivity index (χ4n) is 3.96.